The summed E-state index contributed by atoms with van der Waals surface area (Å²) in [5, 5.41) is 6.45. The van der Waals surface area contributed by atoms with Crippen molar-refractivity contribution in [3.8, 4) is 5.88 Å². The minimum atomic E-state index is -0.285. The molecule has 1 aromatic heterocycles. The summed E-state index contributed by atoms with van der Waals surface area (Å²) in [5.41, 5.74) is 1.66. The number of anilines is 1. The van der Waals surface area contributed by atoms with Gasteiger partial charge in [0.25, 0.3) is 11.8 Å². The molecule has 2 heterocycles. The number of ether oxygens (including phenoxy) is 1. The highest BCUT2D eigenvalue weighted by atomic mass is 16.5. The van der Waals surface area contributed by atoms with Crippen molar-refractivity contribution in [1.29, 1.82) is 0 Å². The first-order valence-corrected chi connectivity index (χ1v) is 8.33. The molecule has 7 nitrogen and oxygen atoms in total. The van der Waals surface area contributed by atoms with E-state index >= 15 is 0 Å². The Morgan fingerprint density at radius 1 is 1.36 bits per heavy atom. The Bertz CT molecular complexity index is 756. The molecule has 0 radical (unpaired) electrons. The lowest BCUT2D eigenvalue weighted by Crippen LogP contribution is -2.34. The van der Waals surface area contributed by atoms with Gasteiger partial charge in [-0.1, -0.05) is 12.1 Å². The molecule has 1 saturated heterocycles. The highest BCUT2D eigenvalue weighted by Gasteiger charge is 2.18. The highest BCUT2D eigenvalue weighted by Crippen LogP contribution is 2.17. The fourth-order valence-electron chi connectivity index (χ4n) is 2.74. The molecule has 25 heavy (non-hydrogen) atoms. The number of piperidine rings is 1. The Morgan fingerprint density at radius 3 is 3.00 bits per heavy atom. The average molecular weight is 343 g/mol. The zero-order chi connectivity index (χ0) is 17.6. The van der Waals surface area contributed by atoms with E-state index in [0.29, 0.717) is 24.4 Å². The summed E-state index contributed by atoms with van der Waals surface area (Å²) in [4.78, 5) is 25.8. The maximum absolute atomic E-state index is 12.0. The Morgan fingerprint density at radius 2 is 2.24 bits per heavy atom. The van der Waals surface area contributed by atoms with Crippen LogP contribution in [0.15, 0.2) is 34.9 Å². The van der Waals surface area contributed by atoms with E-state index in [1.54, 1.807) is 19.1 Å². The first-order valence-electron chi connectivity index (χ1n) is 8.33. The van der Waals surface area contributed by atoms with E-state index in [4.69, 9.17) is 9.26 Å². The maximum atomic E-state index is 12.0. The van der Waals surface area contributed by atoms with Crippen molar-refractivity contribution in [3.05, 3.63) is 41.7 Å². The van der Waals surface area contributed by atoms with Crippen molar-refractivity contribution >= 4 is 17.5 Å². The Balaban J connectivity index is 1.53. The smallest absolute Gasteiger partial charge is 0.262 e. The molecule has 132 valence electrons. The number of nitrogens with zero attached hydrogens (tertiary/aromatic N) is 2. The van der Waals surface area contributed by atoms with Gasteiger partial charge in [-0.2, -0.15) is 0 Å². The lowest BCUT2D eigenvalue weighted by Gasteiger charge is -2.26. The van der Waals surface area contributed by atoms with Gasteiger partial charge >= 0.3 is 0 Å². The molecular formula is C18H21N3O4. The van der Waals surface area contributed by atoms with Gasteiger partial charge in [-0.15, -0.1) is 0 Å². The Hall–Kier alpha value is -2.83. The average Bonchev–Trinajstić information content (AvgIpc) is 3.01. The number of aromatic nitrogens is 1. The molecule has 1 aromatic carbocycles. The second-order valence-corrected chi connectivity index (χ2v) is 6.09. The number of aryl methyl sites for hydroxylation is 1. The van der Waals surface area contributed by atoms with E-state index in [2.05, 4.69) is 10.5 Å². The molecule has 2 amide bonds. The number of hydrogen-bond acceptors (Lipinski definition) is 5. The van der Waals surface area contributed by atoms with Crippen LogP contribution in [0.1, 0.15) is 30.6 Å². The van der Waals surface area contributed by atoms with Crippen LogP contribution in [-0.2, 0) is 16.1 Å². The molecule has 0 bridgehead atoms. The first kappa shape index (κ1) is 17.0. The van der Waals surface area contributed by atoms with Gasteiger partial charge in [-0.3, -0.25) is 9.59 Å². The van der Waals surface area contributed by atoms with Crippen molar-refractivity contribution in [3.63, 3.8) is 0 Å². The minimum Gasteiger partial charge on any atom is -0.465 e. The second kappa shape index (κ2) is 7.83. The van der Waals surface area contributed by atoms with E-state index in [-0.39, 0.29) is 24.3 Å². The fraction of sp³-hybridized carbons (Fsp3) is 0.389. The number of hydrogen-bond donors (Lipinski definition) is 1. The molecular weight excluding hydrogens is 322 g/mol. The quantitative estimate of drug-likeness (QED) is 0.871. The van der Waals surface area contributed by atoms with Crippen molar-refractivity contribution < 1.29 is 18.8 Å². The summed E-state index contributed by atoms with van der Waals surface area (Å²) in [6.07, 6.45) is 2.63. The van der Waals surface area contributed by atoms with Crippen LogP contribution in [0.5, 0.6) is 5.88 Å². The van der Waals surface area contributed by atoms with E-state index in [1.165, 1.54) is 0 Å². The van der Waals surface area contributed by atoms with Gasteiger partial charge in [0.2, 0.25) is 5.91 Å². The molecule has 0 unspecified atom stereocenters. The zero-order valence-corrected chi connectivity index (χ0v) is 14.2. The van der Waals surface area contributed by atoms with Gasteiger partial charge in [0.1, 0.15) is 5.76 Å². The van der Waals surface area contributed by atoms with Gasteiger partial charge in [-0.05, 0) is 42.6 Å². The monoisotopic (exact) mass is 343 g/mol. The summed E-state index contributed by atoms with van der Waals surface area (Å²) in [7, 11) is 0. The summed E-state index contributed by atoms with van der Waals surface area (Å²) in [6.45, 7) is 2.96. The number of amides is 2. The Labute approximate surface area is 145 Å². The van der Waals surface area contributed by atoms with E-state index in [1.807, 2.05) is 23.1 Å². The van der Waals surface area contributed by atoms with E-state index in [9.17, 15) is 9.59 Å². The summed E-state index contributed by atoms with van der Waals surface area (Å²) >= 11 is 0. The number of rotatable bonds is 6. The van der Waals surface area contributed by atoms with Crippen LogP contribution in [0.2, 0.25) is 0 Å². The van der Waals surface area contributed by atoms with Gasteiger partial charge in [0.05, 0.1) is 0 Å². The van der Waals surface area contributed by atoms with Gasteiger partial charge < -0.3 is 19.5 Å². The summed E-state index contributed by atoms with van der Waals surface area (Å²) < 4.78 is 10.1. The molecule has 0 spiro atoms. The van der Waals surface area contributed by atoms with Gasteiger partial charge in [-0.25, -0.2) is 0 Å². The molecule has 1 N–H and O–H groups in total. The predicted octanol–water partition coefficient (Wildman–Crippen LogP) is 2.51. The van der Waals surface area contributed by atoms with Crippen molar-refractivity contribution in [2.24, 2.45) is 0 Å². The van der Waals surface area contributed by atoms with Crippen LogP contribution in [0.3, 0.4) is 0 Å². The van der Waals surface area contributed by atoms with Crippen LogP contribution in [0.4, 0.5) is 5.69 Å². The highest BCUT2D eigenvalue weighted by molar-refractivity contribution is 5.91. The number of nitrogens with one attached hydrogen (secondary N) is 1. The van der Waals surface area contributed by atoms with Crippen LogP contribution < -0.4 is 10.1 Å². The molecule has 0 aliphatic carbocycles. The minimum absolute atomic E-state index is 0.152. The largest absolute Gasteiger partial charge is 0.465 e. The topological polar surface area (TPSA) is 84.7 Å². The van der Waals surface area contributed by atoms with Crippen molar-refractivity contribution in [2.45, 2.75) is 32.7 Å². The van der Waals surface area contributed by atoms with E-state index in [0.717, 1.165) is 24.9 Å². The molecule has 1 aliphatic rings. The summed E-state index contributed by atoms with van der Waals surface area (Å²) in [5.74, 6) is 0.809. The molecule has 0 atom stereocenters. The van der Waals surface area contributed by atoms with Crippen molar-refractivity contribution in [2.75, 3.05) is 18.5 Å². The van der Waals surface area contributed by atoms with Gasteiger partial charge in [0, 0.05) is 31.3 Å². The van der Waals surface area contributed by atoms with Gasteiger partial charge in [0.15, 0.2) is 6.61 Å². The van der Waals surface area contributed by atoms with E-state index < -0.39 is 0 Å². The van der Waals surface area contributed by atoms with Crippen LogP contribution in [0.25, 0.3) is 0 Å². The molecule has 7 heteroatoms. The number of likely N-dealkylation sites (tertiary alicyclic amines) is 1. The third kappa shape index (κ3) is 4.82. The SMILES string of the molecule is Cc1cc(OCC(=O)Nc2cccc(CN3CCCCC3=O)c2)no1. The van der Waals surface area contributed by atoms with Crippen LogP contribution >= 0.6 is 0 Å². The standard InChI is InChI=1S/C18H21N3O4/c1-13-9-17(20-25-13)24-12-16(22)19-15-6-4-5-14(10-15)11-21-8-3-2-7-18(21)23/h4-6,9-10H,2-3,7-8,11-12H2,1H3,(H,19,22). The molecule has 1 fully saturated rings. The molecule has 3 rings (SSSR count). The zero-order valence-electron chi connectivity index (χ0n) is 14.2. The maximum Gasteiger partial charge on any atom is 0.262 e. The first-order chi connectivity index (χ1) is 12.1. The molecule has 2 aromatic rings. The Kier molecular flexibility index (Phi) is 5.33. The second-order valence-electron chi connectivity index (χ2n) is 6.09. The summed E-state index contributed by atoms with van der Waals surface area (Å²) in [6, 6.07) is 9.11. The molecule has 1 aliphatic heterocycles. The van der Waals surface area contributed by atoms with Crippen molar-refractivity contribution in [1.82, 2.24) is 10.1 Å². The predicted molar refractivity (Wildman–Crippen MR) is 91.1 cm³/mol. The normalized spacial score (nSPS) is 14.4. The third-order valence-electron chi connectivity index (χ3n) is 3.96. The fourth-order valence-corrected chi connectivity index (χ4v) is 2.74. The van der Waals surface area contributed by atoms with Crippen LogP contribution in [0, 0.1) is 6.92 Å². The third-order valence-corrected chi connectivity index (χ3v) is 3.96. The lowest BCUT2D eigenvalue weighted by atomic mass is 10.1. The lowest BCUT2D eigenvalue weighted by molar-refractivity contribution is -0.133. The number of carbonyl (C=O) groups excluding carboxylic acids is 2. The number of carbonyl (C=O) groups is 2. The van der Waals surface area contributed by atoms with Crippen LogP contribution in [-0.4, -0.2) is 35.0 Å². The molecule has 0 saturated carbocycles. The number of benzene rings is 1.